The van der Waals surface area contributed by atoms with Gasteiger partial charge in [-0.2, -0.15) is 0 Å². The lowest BCUT2D eigenvalue weighted by atomic mass is 10.1. The van der Waals surface area contributed by atoms with Gasteiger partial charge in [0.15, 0.2) is 4.32 Å². The molecule has 1 aliphatic rings. The second-order valence-corrected chi connectivity index (χ2v) is 7.11. The van der Waals surface area contributed by atoms with E-state index in [9.17, 15) is 30.1 Å². The van der Waals surface area contributed by atoms with E-state index < -0.39 is 15.8 Å². The molecule has 1 amide bonds. The first-order valence-electron chi connectivity index (χ1n) is 7.53. The fourth-order valence-corrected chi connectivity index (χ4v) is 3.43. The van der Waals surface area contributed by atoms with Crippen LogP contribution in [0.5, 0.6) is 5.75 Å². The van der Waals surface area contributed by atoms with Crippen molar-refractivity contribution in [3.63, 3.8) is 0 Å². The molecule has 0 aromatic heterocycles. The number of thiocarbonyl (C=S) groups is 1. The Kier molecular flexibility index (Phi) is 5.24. The number of non-ortho nitro benzene ring substituents is 2. The summed E-state index contributed by atoms with van der Waals surface area (Å²) >= 11 is 6.11. The van der Waals surface area contributed by atoms with Crippen LogP contribution in [0, 0.1) is 20.2 Å². The van der Waals surface area contributed by atoms with Crippen LogP contribution in [0.3, 0.4) is 0 Å². The summed E-state index contributed by atoms with van der Waals surface area (Å²) < 4.78 is 0.166. The fourth-order valence-electron chi connectivity index (χ4n) is 2.26. The van der Waals surface area contributed by atoms with Crippen molar-refractivity contribution in [2.24, 2.45) is 0 Å². The molecule has 0 spiro atoms. The molecule has 0 radical (unpaired) electrons. The molecule has 10 nitrogen and oxygen atoms in total. The minimum atomic E-state index is -0.613. The molecule has 0 bridgehead atoms. The molecule has 2 N–H and O–H groups in total. The molecule has 142 valence electrons. The number of amides is 1. The van der Waals surface area contributed by atoms with Gasteiger partial charge in [0.2, 0.25) is 0 Å². The van der Waals surface area contributed by atoms with Crippen molar-refractivity contribution in [3.8, 4) is 5.75 Å². The Hall–Kier alpha value is -3.51. The molecule has 2 aromatic rings. The van der Waals surface area contributed by atoms with Crippen molar-refractivity contribution in [1.82, 2.24) is 5.01 Å². The van der Waals surface area contributed by atoms with Crippen LogP contribution >= 0.6 is 24.0 Å². The number of nitro groups is 2. The smallest absolute Gasteiger partial charge is 0.285 e. The van der Waals surface area contributed by atoms with Crippen molar-refractivity contribution >= 4 is 57.3 Å². The maximum Gasteiger partial charge on any atom is 0.285 e. The number of nitro benzene ring substituents is 2. The average Bonchev–Trinajstić information content (AvgIpc) is 2.91. The normalized spacial score (nSPS) is 15.1. The van der Waals surface area contributed by atoms with Gasteiger partial charge < -0.3 is 5.11 Å². The van der Waals surface area contributed by atoms with Gasteiger partial charge in [-0.25, -0.2) is 5.01 Å². The number of nitrogens with zero attached hydrogens (tertiary/aromatic N) is 3. The Balaban J connectivity index is 1.83. The van der Waals surface area contributed by atoms with Gasteiger partial charge in [0.05, 0.1) is 20.4 Å². The van der Waals surface area contributed by atoms with Crippen molar-refractivity contribution in [2.75, 3.05) is 5.43 Å². The number of thioether (sulfide) groups is 1. The van der Waals surface area contributed by atoms with Crippen LogP contribution in [-0.2, 0) is 4.79 Å². The zero-order valence-electron chi connectivity index (χ0n) is 13.8. The van der Waals surface area contributed by atoms with Crippen LogP contribution in [0.25, 0.3) is 6.08 Å². The van der Waals surface area contributed by atoms with Crippen molar-refractivity contribution in [2.45, 2.75) is 0 Å². The van der Waals surface area contributed by atoms with E-state index in [-0.39, 0.29) is 31.9 Å². The molecular weight excluding hydrogens is 408 g/mol. The largest absolute Gasteiger partial charge is 0.507 e. The second kappa shape index (κ2) is 7.62. The van der Waals surface area contributed by atoms with Gasteiger partial charge in [0.1, 0.15) is 5.75 Å². The molecule has 1 aliphatic heterocycles. The number of rotatable bonds is 5. The Bertz CT molecular complexity index is 1040. The van der Waals surface area contributed by atoms with Crippen LogP contribution in [0.1, 0.15) is 5.56 Å². The minimum Gasteiger partial charge on any atom is -0.507 e. The maximum absolute atomic E-state index is 12.6. The van der Waals surface area contributed by atoms with Crippen molar-refractivity contribution in [3.05, 3.63) is 73.2 Å². The van der Waals surface area contributed by atoms with Gasteiger partial charge in [0, 0.05) is 29.8 Å². The van der Waals surface area contributed by atoms with E-state index in [2.05, 4.69) is 5.43 Å². The SMILES string of the molecule is O=C1/C(=C\c2cc([N+](=O)[O-])ccc2O)SC(=S)N1Nc1ccc([N+](=O)[O-])cc1. The molecule has 0 atom stereocenters. The lowest BCUT2D eigenvalue weighted by Gasteiger charge is -2.16. The van der Waals surface area contributed by atoms with E-state index >= 15 is 0 Å². The number of benzene rings is 2. The number of hydrogen-bond acceptors (Lipinski definition) is 9. The first kappa shape index (κ1) is 19.3. The predicted molar refractivity (Wildman–Crippen MR) is 106 cm³/mol. The number of phenols is 1. The predicted octanol–water partition coefficient (Wildman–Crippen LogP) is 3.44. The zero-order chi connectivity index (χ0) is 20.4. The molecule has 2 aromatic carbocycles. The van der Waals surface area contributed by atoms with Gasteiger partial charge in [-0.1, -0.05) is 11.8 Å². The van der Waals surface area contributed by atoms with Gasteiger partial charge >= 0.3 is 0 Å². The second-order valence-electron chi connectivity index (χ2n) is 5.43. The molecule has 1 fully saturated rings. The Morgan fingerprint density at radius 2 is 1.68 bits per heavy atom. The van der Waals surface area contributed by atoms with E-state index in [1.807, 2.05) is 0 Å². The number of anilines is 1. The average molecular weight is 418 g/mol. The van der Waals surface area contributed by atoms with Gasteiger partial charge in [0.25, 0.3) is 17.3 Å². The van der Waals surface area contributed by atoms with E-state index in [0.717, 1.165) is 28.9 Å². The molecule has 28 heavy (non-hydrogen) atoms. The zero-order valence-corrected chi connectivity index (χ0v) is 15.4. The number of nitrogens with one attached hydrogen (secondary N) is 1. The summed E-state index contributed by atoms with van der Waals surface area (Å²) in [5.41, 5.74) is 2.93. The van der Waals surface area contributed by atoms with Crippen LogP contribution in [0.2, 0.25) is 0 Å². The van der Waals surface area contributed by atoms with E-state index in [1.54, 1.807) is 0 Å². The summed E-state index contributed by atoms with van der Waals surface area (Å²) in [5.74, 6) is -0.751. The first-order valence-corrected chi connectivity index (χ1v) is 8.75. The molecule has 0 unspecified atom stereocenters. The Morgan fingerprint density at radius 1 is 1.07 bits per heavy atom. The highest BCUT2D eigenvalue weighted by atomic mass is 32.2. The number of carbonyl (C=O) groups is 1. The van der Waals surface area contributed by atoms with Gasteiger partial charge in [-0.15, -0.1) is 0 Å². The highest BCUT2D eigenvalue weighted by Crippen LogP contribution is 2.35. The van der Waals surface area contributed by atoms with Gasteiger partial charge in [-0.05, 0) is 36.5 Å². The Labute approximate surface area is 166 Å². The van der Waals surface area contributed by atoms with Crippen LogP contribution < -0.4 is 5.43 Å². The summed E-state index contributed by atoms with van der Waals surface area (Å²) in [6, 6.07) is 8.85. The molecule has 1 saturated heterocycles. The summed E-state index contributed by atoms with van der Waals surface area (Å²) in [7, 11) is 0. The quantitative estimate of drug-likeness (QED) is 0.323. The topological polar surface area (TPSA) is 139 Å². The van der Waals surface area contributed by atoms with E-state index in [4.69, 9.17) is 12.2 Å². The van der Waals surface area contributed by atoms with Crippen molar-refractivity contribution in [1.29, 1.82) is 0 Å². The van der Waals surface area contributed by atoms with Gasteiger partial charge in [-0.3, -0.25) is 30.4 Å². The number of phenolic OH excluding ortho intramolecular Hbond substituents is 1. The molecule has 0 aliphatic carbocycles. The molecule has 3 rings (SSSR count). The number of hydrazine groups is 1. The highest BCUT2D eigenvalue weighted by Gasteiger charge is 2.33. The lowest BCUT2D eigenvalue weighted by molar-refractivity contribution is -0.385. The maximum atomic E-state index is 12.6. The molecule has 12 heteroatoms. The fraction of sp³-hybridized carbons (Fsp3) is 0. The number of carbonyl (C=O) groups excluding carboxylic acids is 1. The highest BCUT2D eigenvalue weighted by molar-refractivity contribution is 8.26. The summed E-state index contributed by atoms with van der Waals surface area (Å²) in [4.78, 5) is 33.2. The molecule has 0 saturated carbocycles. The standard InChI is InChI=1S/C16H10N4O6S2/c21-13-6-5-12(20(25)26)7-9(13)8-14-15(22)18(16(27)28-14)17-10-1-3-11(4-2-10)19(23)24/h1-8,17,21H/b14-8+. The summed E-state index contributed by atoms with van der Waals surface area (Å²) in [5, 5.41) is 32.6. The Morgan fingerprint density at radius 3 is 2.29 bits per heavy atom. The molecular formula is C16H10N4O6S2. The number of hydrogen-bond donors (Lipinski definition) is 2. The van der Waals surface area contributed by atoms with Crippen molar-refractivity contribution < 1.29 is 19.7 Å². The monoisotopic (exact) mass is 418 g/mol. The lowest BCUT2D eigenvalue weighted by Crippen LogP contribution is -2.33. The minimum absolute atomic E-state index is 0.100. The summed E-state index contributed by atoms with van der Waals surface area (Å²) in [6.07, 6.45) is 1.30. The number of aromatic hydroxyl groups is 1. The van der Waals surface area contributed by atoms with E-state index in [1.165, 1.54) is 36.4 Å². The van der Waals surface area contributed by atoms with Crippen LogP contribution in [-0.4, -0.2) is 30.2 Å². The molecule has 1 heterocycles. The van der Waals surface area contributed by atoms with Crippen LogP contribution in [0.4, 0.5) is 17.1 Å². The first-order chi connectivity index (χ1) is 13.3. The summed E-state index contributed by atoms with van der Waals surface area (Å²) in [6.45, 7) is 0. The third-order valence-electron chi connectivity index (χ3n) is 3.62. The van der Waals surface area contributed by atoms with E-state index in [0.29, 0.717) is 5.69 Å². The van der Waals surface area contributed by atoms with Crippen LogP contribution in [0.15, 0.2) is 47.4 Å². The third kappa shape index (κ3) is 3.92. The third-order valence-corrected chi connectivity index (χ3v) is 4.92.